The quantitative estimate of drug-likeness (QED) is 0.836. The topological polar surface area (TPSA) is 65.5 Å². The molecule has 0 aromatic carbocycles. The number of aromatic nitrogens is 1. The van der Waals surface area contributed by atoms with Crippen molar-refractivity contribution in [2.24, 2.45) is 5.41 Å². The number of carbonyl (C=O) groups excluding carboxylic acids is 2. The summed E-state index contributed by atoms with van der Waals surface area (Å²) in [4.78, 5) is 32.4. The number of amides is 2. The molecule has 1 spiro atoms. The van der Waals surface area contributed by atoms with E-state index in [0.717, 1.165) is 51.3 Å². The number of rotatable bonds is 6. The Morgan fingerprint density at radius 2 is 2.15 bits per heavy atom. The smallest absolute Gasteiger partial charge is 0.222 e. The zero-order valence-corrected chi connectivity index (χ0v) is 15.7. The van der Waals surface area contributed by atoms with Crippen LogP contribution in [0.15, 0.2) is 24.4 Å². The molecule has 2 aliphatic heterocycles. The zero-order valence-electron chi connectivity index (χ0n) is 15.7. The molecule has 6 heteroatoms. The molecule has 0 unspecified atom stereocenters. The number of pyridine rings is 1. The van der Waals surface area contributed by atoms with Gasteiger partial charge in [0.15, 0.2) is 0 Å². The Morgan fingerprint density at radius 3 is 2.92 bits per heavy atom. The second-order valence-corrected chi connectivity index (χ2v) is 7.75. The maximum atomic E-state index is 12.4. The molecule has 2 aliphatic rings. The van der Waals surface area contributed by atoms with E-state index in [2.05, 4.69) is 20.1 Å². The molecule has 142 valence electrons. The average Bonchev–Trinajstić information content (AvgIpc) is 2.64. The summed E-state index contributed by atoms with van der Waals surface area (Å²) in [5.41, 5.74) is 1.26. The summed E-state index contributed by atoms with van der Waals surface area (Å²) in [5.74, 6) is 0.308. The van der Waals surface area contributed by atoms with Gasteiger partial charge in [-0.2, -0.15) is 0 Å². The first-order valence-corrected chi connectivity index (χ1v) is 9.71. The first-order chi connectivity index (χ1) is 12.6. The van der Waals surface area contributed by atoms with E-state index in [1.54, 1.807) is 6.92 Å². The molecule has 2 fully saturated rings. The van der Waals surface area contributed by atoms with Crippen LogP contribution in [0.25, 0.3) is 0 Å². The lowest BCUT2D eigenvalue weighted by Gasteiger charge is -2.48. The normalized spacial score (nSPS) is 24.0. The minimum absolute atomic E-state index is 0.0284. The Morgan fingerprint density at radius 1 is 1.27 bits per heavy atom. The molecular weight excluding hydrogens is 328 g/mol. The van der Waals surface area contributed by atoms with Crippen LogP contribution in [-0.2, 0) is 16.0 Å². The number of nitrogens with zero attached hydrogens (tertiary/aromatic N) is 3. The van der Waals surface area contributed by atoms with Gasteiger partial charge in [0.05, 0.1) is 0 Å². The number of piperidine rings is 2. The van der Waals surface area contributed by atoms with Crippen molar-refractivity contribution in [3.63, 3.8) is 0 Å². The summed E-state index contributed by atoms with van der Waals surface area (Å²) < 4.78 is 0. The second kappa shape index (κ2) is 8.62. The molecule has 2 saturated heterocycles. The molecule has 1 N–H and O–H groups in total. The Labute approximate surface area is 156 Å². The fourth-order valence-corrected chi connectivity index (χ4v) is 4.33. The SMILES string of the molecule is CC(=O)NCCN1CCC[C@@]2(CCC(=O)N(CCc3ccccn3)C2)C1. The summed E-state index contributed by atoms with van der Waals surface area (Å²) in [6, 6.07) is 5.94. The lowest BCUT2D eigenvalue weighted by molar-refractivity contribution is -0.139. The molecule has 0 saturated carbocycles. The number of carbonyl (C=O) groups is 2. The third-order valence-corrected chi connectivity index (χ3v) is 5.65. The highest BCUT2D eigenvalue weighted by Gasteiger charge is 2.41. The third kappa shape index (κ3) is 5.04. The summed E-state index contributed by atoms with van der Waals surface area (Å²) in [6.45, 7) is 6.88. The molecule has 1 atom stereocenters. The van der Waals surface area contributed by atoms with E-state index in [1.807, 2.05) is 24.4 Å². The number of hydrogen-bond acceptors (Lipinski definition) is 4. The van der Waals surface area contributed by atoms with E-state index < -0.39 is 0 Å². The number of nitrogens with one attached hydrogen (secondary N) is 1. The van der Waals surface area contributed by atoms with Crippen molar-refractivity contribution >= 4 is 11.8 Å². The molecule has 3 rings (SSSR count). The van der Waals surface area contributed by atoms with Crippen LogP contribution in [0.2, 0.25) is 0 Å². The fourth-order valence-electron chi connectivity index (χ4n) is 4.33. The number of likely N-dealkylation sites (tertiary alicyclic amines) is 2. The van der Waals surface area contributed by atoms with Gasteiger partial charge in [-0.15, -0.1) is 0 Å². The molecule has 0 radical (unpaired) electrons. The van der Waals surface area contributed by atoms with Gasteiger partial charge in [-0.05, 0) is 37.9 Å². The van der Waals surface area contributed by atoms with Gasteiger partial charge in [-0.1, -0.05) is 6.07 Å². The average molecular weight is 358 g/mol. The highest BCUT2D eigenvalue weighted by atomic mass is 16.2. The highest BCUT2D eigenvalue weighted by molar-refractivity contribution is 5.77. The Balaban J connectivity index is 1.55. The summed E-state index contributed by atoms with van der Waals surface area (Å²) in [5, 5.41) is 2.89. The van der Waals surface area contributed by atoms with E-state index >= 15 is 0 Å². The van der Waals surface area contributed by atoms with Crippen molar-refractivity contribution in [3.8, 4) is 0 Å². The highest BCUT2D eigenvalue weighted by Crippen LogP contribution is 2.38. The molecule has 0 bridgehead atoms. The predicted octanol–water partition coefficient (Wildman–Crippen LogP) is 1.46. The van der Waals surface area contributed by atoms with Crippen molar-refractivity contribution in [1.82, 2.24) is 20.1 Å². The predicted molar refractivity (Wildman–Crippen MR) is 101 cm³/mol. The van der Waals surface area contributed by atoms with Crippen LogP contribution < -0.4 is 5.32 Å². The van der Waals surface area contributed by atoms with E-state index in [0.29, 0.717) is 13.0 Å². The number of hydrogen-bond donors (Lipinski definition) is 1. The molecule has 6 nitrogen and oxygen atoms in total. The Kier molecular flexibility index (Phi) is 6.25. The van der Waals surface area contributed by atoms with Gasteiger partial charge < -0.3 is 15.1 Å². The van der Waals surface area contributed by atoms with Crippen molar-refractivity contribution in [2.45, 2.75) is 39.0 Å². The lowest BCUT2D eigenvalue weighted by atomic mass is 9.73. The standard InChI is InChI=1S/C20H30N4O2/c1-17(25)21-11-14-23-12-4-8-20(15-23)9-6-19(26)24(16-20)13-7-18-5-2-3-10-22-18/h2-3,5,10H,4,6-9,11-16H2,1H3,(H,21,25)/t20-/m1/s1. The summed E-state index contributed by atoms with van der Waals surface area (Å²) in [6.07, 6.45) is 6.63. The molecule has 26 heavy (non-hydrogen) atoms. The second-order valence-electron chi connectivity index (χ2n) is 7.75. The molecular formula is C20H30N4O2. The van der Waals surface area contributed by atoms with Crippen molar-refractivity contribution in [2.75, 3.05) is 39.3 Å². The minimum atomic E-state index is 0.0284. The van der Waals surface area contributed by atoms with Crippen LogP contribution in [0, 0.1) is 5.41 Å². The van der Waals surface area contributed by atoms with Crippen LogP contribution in [0.5, 0.6) is 0 Å². The summed E-state index contributed by atoms with van der Waals surface area (Å²) in [7, 11) is 0. The lowest BCUT2D eigenvalue weighted by Crippen LogP contribution is -2.55. The fraction of sp³-hybridized carbons (Fsp3) is 0.650. The minimum Gasteiger partial charge on any atom is -0.355 e. The third-order valence-electron chi connectivity index (χ3n) is 5.65. The van der Waals surface area contributed by atoms with Gasteiger partial charge in [-0.3, -0.25) is 14.6 Å². The van der Waals surface area contributed by atoms with Crippen molar-refractivity contribution in [1.29, 1.82) is 0 Å². The first-order valence-electron chi connectivity index (χ1n) is 9.71. The van der Waals surface area contributed by atoms with E-state index in [4.69, 9.17) is 0 Å². The molecule has 3 heterocycles. The van der Waals surface area contributed by atoms with Gasteiger partial charge in [0.2, 0.25) is 11.8 Å². The molecule has 2 amide bonds. The van der Waals surface area contributed by atoms with E-state index in [-0.39, 0.29) is 17.2 Å². The van der Waals surface area contributed by atoms with Gasteiger partial charge >= 0.3 is 0 Å². The van der Waals surface area contributed by atoms with Gasteiger partial charge in [0, 0.05) is 69.8 Å². The van der Waals surface area contributed by atoms with Crippen LogP contribution in [0.3, 0.4) is 0 Å². The van der Waals surface area contributed by atoms with Crippen LogP contribution in [0.4, 0.5) is 0 Å². The largest absolute Gasteiger partial charge is 0.355 e. The monoisotopic (exact) mass is 358 g/mol. The Hall–Kier alpha value is -1.95. The first kappa shape index (κ1) is 18.8. The maximum Gasteiger partial charge on any atom is 0.222 e. The molecule has 1 aromatic rings. The van der Waals surface area contributed by atoms with Gasteiger partial charge in [0.25, 0.3) is 0 Å². The van der Waals surface area contributed by atoms with Crippen LogP contribution in [0.1, 0.15) is 38.3 Å². The van der Waals surface area contributed by atoms with Crippen molar-refractivity contribution in [3.05, 3.63) is 30.1 Å². The van der Waals surface area contributed by atoms with Gasteiger partial charge in [0.1, 0.15) is 0 Å². The Bertz CT molecular complexity index is 621. The van der Waals surface area contributed by atoms with Crippen LogP contribution >= 0.6 is 0 Å². The van der Waals surface area contributed by atoms with Gasteiger partial charge in [-0.25, -0.2) is 0 Å². The molecule has 1 aromatic heterocycles. The van der Waals surface area contributed by atoms with Crippen molar-refractivity contribution < 1.29 is 9.59 Å². The van der Waals surface area contributed by atoms with E-state index in [9.17, 15) is 9.59 Å². The maximum absolute atomic E-state index is 12.4. The molecule has 0 aliphatic carbocycles. The van der Waals surface area contributed by atoms with Crippen LogP contribution in [-0.4, -0.2) is 65.9 Å². The summed E-state index contributed by atoms with van der Waals surface area (Å²) >= 11 is 0. The zero-order chi connectivity index (χ0) is 18.4. The van der Waals surface area contributed by atoms with E-state index in [1.165, 1.54) is 12.8 Å².